The number of hydrogen-bond donors (Lipinski definition) is 0. The van der Waals surface area contributed by atoms with E-state index in [1.54, 1.807) is 25.5 Å². The van der Waals surface area contributed by atoms with Gasteiger partial charge < -0.3 is 14.2 Å². The number of fused-ring (bicyclic) bond motifs is 3. The van der Waals surface area contributed by atoms with Gasteiger partial charge in [-0.1, -0.05) is 96.3 Å². The maximum absolute atomic E-state index is 14.3. The zero-order valence-electron chi connectivity index (χ0n) is 26.2. The van der Waals surface area contributed by atoms with Crippen LogP contribution < -0.4 is 24.4 Å². The summed E-state index contributed by atoms with van der Waals surface area (Å²) in [5.74, 6) is 0.744. The van der Waals surface area contributed by atoms with Crippen molar-refractivity contribution >= 4 is 44.9 Å². The van der Waals surface area contributed by atoms with E-state index in [4.69, 9.17) is 19.2 Å². The molecule has 7 rings (SSSR count). The van der Waals surface area contributed by atoms with Gasteiger partial charge in [-0.25, -0.2) is 9.79 Å². The second-order valence-corrected chi connectivity index (χ2v) is 12.2. The average molecular weight is 641 g/mol. The molecule has 1 aliphatic rings. The molecular formula is C39H32N2O5S. The maximum atomic E-state index is 14.3. The summed E-state index contributed by atoms with van der Waals surface area (Å²) in [5, 5.41) is 4.16. The molecule has 0 radical (unpaired) electrons. The third-order valence-electron chi connectivity index (χ3n) is 8.37. The lowest BCUT2D eigenvalue weighted by Crippen LogP contribution is -2.40. The lowest BCUT2D eigenvalue weighted by atomic mass is 9.90. The Morgan fingerprint density at radius 3 is 2.43 bits per heavy atom. The molecule has 0 fully saturated rings. The summed E-state index contributed by atoms with van der Waals surface area (Å²) < 4.78 is 19.6. The minimum atomic E-state index is -0.802. The van der Waals surface area contributed by atoms with Crippen LogP contribution >= 0.6 is 11.3 Å². The summed E-state index contributed by atoms with van der Waals surface area (Å²) in [6, 6.07) is 33.0. The van der Waals surface area contributed by atoms with E-state index in [1.165, 1.54) is 16.7 Å². The maximum Gasteiger partial charge on any atom is 0.338 e. The lowest BCUT2D eigenvalue weighted by molar-refractivity contribution is -0.139. The molecule has 0 spiro atoms. The van der Waals surface area contributed by atoms with Crippen LogP contribution in [0.25, 0.3) is 27.6 Å². The van der Waals surface area contributed by atoms with Gasteiger partial charge in [0, 0.05) is 5.56 Å². The lowest BCUT2D eigenvalue weighted by Gasteiger charge is -2.27. The molecule has 47 heavy (non-hydrogen) atoms. The fraction of sp³-hybridized carbons (Fsp3) is 0.154. The number of esters is 1. The zero-order valence-corrected chi connectivity index (χ0v) is 27.0. The highest BCUT2D eigenvalue weighted by molar-refractivity contribution is 7.07. The highest BCUT2D eigenvalue weighted by Crippen LogP contribution is 2.40. The Balaban J connectivity index is 1.32. The monoisotopic (exact) mass is 640 g/mol. The quantitative estimate of drug-likeness (QED) is 0.173. The van der Waals surface area contributed by atoms with Crippen molar-refractivity contribution < 1.29 is 19.0 Å². The first-order valence-electron chi connectivity index (χ1n) is 15.4. The van der Waals surface area contributed by atoms with E-state index in [0.29, 0.717) is 44.3 Å². The Labute approximate surface area is 275 Å². The highest BCUT2D eigenvalue weighted by Gasteiger charge is 2.36. The number of thiazole rings is 1. The van der Waals surface area contributed by atoms with E-state index in [9.17, 15) is 9.59 Å². The molecule has 5 aromatic carbocycles. The second-order valence-electron chi connectivity index (χ2n) is 11.2. The molecule has 8 heteroatoms. The van der Waals surface area contributed by atoms with Gasteiger partial charge in [0.1, 0.15) is 24.1 Å². The third kappa shape index (κ3) is 5.61. The predicted molar refractivity (Wildman–Crippen MR) is 186 cm³/mol. The summed E-state index contributed by atoms with van der Waals surface area (Å²) in [7, 11) is 1.59. The number of nitrogens with zero attached hydrogens (tertiary/aromatic N) is 2. The zero-order chi connectivity index (χ0) is 32.5. The highest BCUT2D eigenvalue weighted by atomic mass is 32.1. The van der Waals surface area contributed by atoms with Crippen molar-refractivity contribution in [3.05, 3.63) is 151 Å². The molecule has 0 amide bonds. The normalized spacial score (nSPS) is 14.6. The Hall–Kier alpha value is -5.47. The third-order valence-corrected chi connectivity index (χ3v) is 9.35. The molecular weight excluding hydrogens is 609 g/mol. The number of rotatable bonds is 8. The number of ether oxygens (including phenoxy) is 3. The van der Waals surface area contributed by atoms with Crippen LogP contribution in [0, 0.1) is 0 Å². The van der Waals surface area contributed by atoms with Gasteiger partial charge in [-0.15, -0.1) is 0 Å². The first-order valence-corrected chi connectivity index (χ1v) is 16.2. The van der Waals surface area contributed by atoms with Crippen LogP contribution in [0.2, 0.25) is 0 Å². The van der Waals surface area contributed by atoms with Crippen molar-refractivity contribution in [2.75, 3.05) is 13.7 Å². The number of aromatic nitrogens is 1. The van der Waals surface area contributed by atoms with Crippen LogP contribution in [0.4, 0.5) is 0 Å². The SMILES string of the molecule is CCOC(=O)C1=C(C)N=c2s/c(=C/c3cccc(OCc4cccc5ccccc45)c3)c(=O)n2[C@@H]1c1c(OC)ccc2ccccc12. The van der Waals surface area contributed by atoms with Gasteiger partial charge in [-0.3, -0.25) is 9.36 Å². The summed E-state index contributed by atoms with van der Waals surface area (Å²) in [6.07, 6.45) is 1.84. The first-order chi connectivity index (χ1) is 23.0. The number of benzene rings is 5. The average Bonchev–Trinajstić information content (AvgIpc) is 3.39. The number of carbonyl (C=O) groups excluding carboxylic acids is 1. The van der Waals surface area contributed by atoms with Crippen molar-refractivity contribution in [1.82, 2.24) is 4.57 Å². The van der Waals surface area contributed by atoms with E-state index >= 15 is 0 Å². The molecule has 234 valence electrons. The topological polar surface area (TPSA) is 79.1 Å². The predicted octanol–water partition coefficient (Wildman–Crippen LogP) is 6.69. The van der Waals surface area contributed by atoms with Crippen LogP contribution in [0.1, 0.15) is 36.6 Å². The Bertz CT molecular complexity index is 2380. The number of methoxy groups -OCH3 is 1. The van der Waals surface area contributed by atoms with Gasteiger partial charge in [-0.05, 0) is 70.8 Å². The van der Waals surface area contributed by atoms with Gasteiger partial charge in [0.05, 0.1) is 29.5 Å². The van der Waals surface area contributed by atoms with E-state index in [0.717, 1.165) is 27.3 Å². The van der Waals surface area contributed by atoms with Crippen molar-refractivity contribution in [2.45, 2.75) is 26.5 Å². The second kappa shape index (κ2) is 12.7. The molecule has 0 saturated heterocycles. The van der Waals surface area contributed by atoms with Crippen LogP contribution in [-0.4, -0.2) is 24.3 Å². The minimum Gasteiger partial charge on any atom is -0.496 e. The van der Waals surface area contributed by atoms with E-state index in [-0.39, 0.29) is 12.2 Å². The molecule has 1 aliphatic heterocycles. The Morgan fingerprint density at radius 2 is 1.64 bits per heavy atom. The molecule has 0 saturated carbocycles. The van der Waals surface area contributed by atoms with Crippen molar-refractivity contribution in [2.24, 2.45) is 4.99 Å². The van der Waals surface area contributed by atoms with E-state index < -0.39 is 12.0 Å². The smallest absolute Gasteiger partial charge is 0.338 e. The molecule has 0 N–H and O–H groups in total. The van der Waals surface area contributed by atoms with Gasteiger partial charge in [-0.2, -0.15) is 0 Å². The molecule has 7 nitrogen and oxygen atoms in total. The van der Waals surface area contributed by atoms with Crippen LogP contribution in [0.5, 0.6) is 11.5 Å². The Morgan fingerprint density at radius 1 is 0.915 bits per heavy atom. The molecule has 0 unspecified atom stereocenters. The van der Waals surface area contributed by atoms with Crippen LogP contribution in [0.3, 0.4) is 0 Å². The van der Waals surface area contributed by atoms with Crippen molar-refractivity contribution in [3.8, 4) is 11.5 Å². The number of hydrogen-bond acceptors (Lipinski definition) is 7. The van der Waals surface area contributed by atoms with Gasteiger partial charge >= 0.3 is 5.97 Å². The minimum absolute atomic E-state index is 0.193. The molecule has 1 aromatic heterocycles. The number of allylic oxidation sites excluding steroid dienone is 1. The first kappa shape index (κ1) is 30.2. The van der Waals surface area contributed by atoms with Gasteiger partial charge in [0.15, 0.2) is 4.80 Å². The molecule has 1 atom stereocenters. The standard InChI is InChI=1S/C39H32N2O5S/c1-4-45-38(43)34-24(2)40-39-41(36(34)35-31-18-8-6-13-27(31)19-20-32(35)44-3)37(42)33(47-39)22-25-11-9-16-29(21-25)46-23-28-15-10-14-26-12-5-7-17-30(26)28/h5-22,36H,4,23H2,1-3H3/b33-22+/t36-/m0/s1. The summed E-state index contributed by atoms with van der Waals surface area (Å²) in [5.41, 5.74) is 3.17. The number of carbonyl (C=O) groups is 1. The molecule has 0 bridgehead atoms. The van der Waals surface area contributed by atoms with E-state index in [1.807, 2.05) is 84.9 Å². The molecule has 0 aliphatic carbocycles. The van der Waals surface area contributed by atoms with Crippen molar-refractivity contribution in [3.63, 3.8) is 0 Å². The summed E-state index contributed by atoms with van der Waals surface area (Å²) in [4.78, 5) is 33.1. The van der Waals surface area contributed by atoms with Crippen molar-refractivity contribution in [1.29, 1.82) is 0 Å². The molecule has 2 heterocycles. The van der Waals surface area contributed by atoms with Gasteiger partial charge in [0.25, 0.3) is 5.56 Å². The van der Waals surface area contributed by atoms with Gasteiger partial charge in [0.2, 0.25) is 0 Å². The summed E-state index contributed by atoms with van der Waals surface area (Å²) >= 11 is 1.28. The van der Waals surface area contributed by atoms with Crippen LogP contribution in [-0.2, 0) is 16.1 Å². The fourth-order valence-electron chi connectivity index (χ4n) is 6.23. The van der Waals surface area contributed by atoms with Crippen LogP contribution in [0.15, 0.2) is 124 Å². The van der Waals surface area contributed by atoms with E-state index in [2.05, 4.69) is 24.3 Å². The Kier molecular flexibility index (Phi) is 8.18. The summed E-state index contributed by atoms with van der Waals surface area (Å²) in [6.45, 7) is 4.15. The fourth-order valence-corrected chi connectivity index (χ4v) is 7.27. The molecule has 6 aromatic rings. The largest absolute Gasteiger partial charge is 0.496 e.